The molecule has 0 aliphatic heterocycles. The number of carbonyl (C=O) groups excluding carboxylic acids is 1. The van der Waals surface area contributed by atoms with E-state index in [2.05, 4.69) is 20.3 Å². The Morgan fingerprint density at radius 1 is 1.42 bits per heavy atom. The van der Waals surface area contributed by atoms with Crippen LogP contribution in [0.3, 0.4) is 0 Å². The van der Waals surface area contributed by atoms with Crippen molar-refractivity contribution in [2.75, 3.05) is 20.3 Å². The quantitative estimate of drug-likeness (QED) is 0.746. The average molecular weight is 330 g/mol. The first-order valence-corrected chi connectivity index (χ1v) is 8.12. The number of aryl methyl sites for hydroxylation is 1. The maximum atomic E-state index is 12.4. The van der Waals surface area contributed by atoms with Gasteiger partial charge in [0.2, 0.25) is 11.8 Å². The highest BCUT2D eigenvalue weighted by Gasteiger charge is 2.26. The number of methoxy groups -OCH3 is 1. The molecular weight excluding hydrogens is 308 g/mol. The number of aromatic amines is 1. The number of ether oxygens (including phenoxy) is 2. The number of aromatic nitrogens is 3. The molecule has 1 amide bonds. The van der Waals surface area contributed by atoms with E-state index in [0.717, 1.165) is 29.8 Å². The number of nitrogens with one attached hydrogen (secondary N) is 2. The summed E-state index contributed by atoms with van der Waals surface area (Å²) in [5.74, 6) is 0.573. The maximum Gasteiger partial charge on any atom is 0.223 e. The van der Waals surface area contributed by atoms with Crippen molar-refractivity contribution in [3.05, 3.63) is 41.6 Å². The maximum absolute atomic E-state index is 12.4. The van der Waals surface area contributed by atoms with Gasteiger partial charge in [-0.3, -0.25) is 4.79 Å². The van der Waals surface area contributed by atoms with Crippen LogP contribution in [0.25, 0.3) is 0 Å². The number of hydrogen-bond acceptors (Lipinski definition) is 5. The summed E-state index contributed by atoms with van der Waals surface area (Å²) in [6, 6.07) is 3.74. The first-order chi connectivity index (χ1) is 11.8. The van der Waals surface area contributed by atoms with Gasteiger partial charge < -0.3 is 19.8 Å². The third kappa shape index (κ3) is 3.91. The number of pyridine rings is 1. The molecule has 0 spiro atoms. The molecule has 1 aliphatic rings. The predicted molar refractivity (Wildman–Crippen MR) is 87.6 cm³/mol. The standard InChI is InChI=1S/C17H22N4O3/c1-23-7-8-24-17-13(3-2-6-18-17)10-19-16(22)12-4-5-14-15(9-12)21-11-20-14/h2-3,6,11-12H,4-5,7-10H2,1H3,(H,19,22)(H,20,21)/t12-/m1/s1. The van der Waals surface area contributed by atoms with Gasteiger partial charge in [0.05, 0.1) is 18.6 Å². The monoisotopic (exact) mass is 330 g/mol. The molecule has 1 aliphatic carbocycles. The lowest BCUT2D eigenvalue weighted by atomic mass is 9.89. The van der Waals surface area contributed by atoms with Crippen LogP contribution >= 0.6 is 0 Å². The molecule has 1 atom stereocenters. The zero-order valence-electron chi connectivity index (χ0n) is 13.7. The lowest BCUT2D eigenvalue weighted by molar-refractivity contribution is -0.125. The van der Waals surface area contributed by atoms with Gasteiger partial charge in [-0.1, -0.05) is 6.07 Å². The fraction of sp³-hybridized carbons (Fsp3) is 0.471. The Morgan fingerprint density at radius 2 is 2.33 bits per heavy atom. The van der Waals surface area contributed by atoms with E-state index in [-0.39, 0.29) is 11.8 Å². The van der Waals surface area contributed by atoms with Crippen LogP contribution in [0, 0.1) is 5.92 Å². The van der Waals surface area contributed by atoms with Crippen LogP contribution in [0.5, 0.6) is 5.88 Å². The van der Waals surface area contributed by atoms with Crippen molar-refractivity contribution in [3.8, 4) is 5.88 Å². The van der Waals surface area contributed by atoms with Gasteiger partial charge >= 0.3 is 0 Å². The smallest absolute Gasteiger partial charge is 0.223 e. The zero-order chi connectivity index (χ0) is 16.8. The largest absolute Gasteiger partial charge is 0.475 e. The van der Waals surface area contributed by atoms with Gasteiger partial charge in [0.15, 0.2) is 0 Å². The lowest BCUT2D eigenvalue weighted by Gasteiger charge is -2.21. The summed E-state index contributed by atoms with van der Waals surface area (Å²) in [6.07, 6.45) is 5.76. The van der Waals surface area contributed by atoms with E-state index in [4.69, 9.17) is 9.47 Å². The highest BCUT2D eigenvalue weighted by molar-refractivity contribution is 5.79. The van der Waals surface area contributed by atoms with Gasteiger partial charge in [0, 0.05) is 43.4 Å². The molecule has 0 aromatic carbocycles. The van der Waals surface area contributed by atoms with Crippen LogP contribution < -0.4 is 10.1 Å². The van der Waals surface area contributed by atoms with Gasteiger partial charge in [0.25, 0.3) is 0 Å². The van der Waals surface area contributed by atoms with Crippen LogP contribution in [0.2, 0.25) is 0 Å². The van der Waals surface area contributed by atoms with E-state index >= 15 is 0 Å². The highest BCUT2D eigenvalue weighted by atomic mass is 16.5. The molecule has 2 N–H and O–H groups in total. The first kappa shape index (κ1) is 16.4. The first-order valence-electron chi connectivity index (χ1n) is 8.12. The molecule has 2 heterocycles. The van der Waals surface area contributed by atoms with Crippen molar-refractivity contribution in [2.24, 2.45) is 5.92 Å². The molecule has 0 saturated heterocycles. The number of nitrogens with zero attached hydrogens (tertiary/aromatic N) is 2. The summed E-state index contributed by atoms with van der Waals surface area (Å²) in [4.78, 5) is 24.1. The minimum Gasteiger partial charge on any atom is -0.475 e. The fourth-order valence-corrected chi connectivity index (χ4v) is 2.86. The molecule has 7 heteroatoms. The minimum absolute atomic E-state index is 0.0209. The Kier molecular flexibility index (Phi) is 5.43. The third-order valence-corrected chi connectivity index (χ3v) is 4.19. The summed E-state index contributed by atoms with van der Waals surface area (Å²) in [7, 11) is 1.62. The van der Waals surface area contributed by atoms with Crippen molar-refractivity contribution in [1.29, 1.82) is 0 Å². The number of fused-ring (bicyclic) bond motifs is 1. The number of imidazole rings is 1. The van der Waals surface area contributed by atoms with Gasteiger partial charge in [-0.15, -0.1) is 0 Å². The Hall–Kier alpha value is -2.41. The molecule has 2 aromatic rings. The molecule has 7 nitrogen and oxygen atoms in total. The molecule has 0 bridgehead atoms. The second-order valence-corrected chi connectivity index (χ2v) is 5.79. The number of hydrogen-bond donors (Lipinski definition) is 2. The molecule has 2 aromatic heterocycles. The van der Waals surface area contributed by atoms with Crippen LogP contribution in [-0.2, 0) is 28.9 Å². The second-order valence-electron chi connectivity index (χ2n) is 5.79. The van der Waals surface area contributed by atoms with Crippen molar-refractivity contribution in [2.45, 2.75) is 25.8 Å². The summed E-state index contributed by atoms with van der Waals surface area (Å²) in [5, 5.41) is 3.00. The lowest BCUT2D eigenvalue weighted by Crippen LogP contribution is -2.34. The Bertz CT molecular complexity index is 686. The van der Waals surface area contributed by atoms with Crippen molar-refractivity contribution in [1.82, 2.24) is 20.3 Å². The number of rotatable bonds is 7. The normalized spacial score (nSPS) is 16.5. The van der Waals surface area contributed by atoms with Crippen molar-refractivity contribution >= 4 is 5.91 Å². The summed E-state index contributed by atoms with van der Waals surface area (Å²) in [5.41, 5.74) is 3.02. The highest BCUT2D eigenvalue weighted by Crippen LogP contribution is 2.23. The van der Waals surface area contributed by atoms with Crippen LogP contribution in [0.4, 0.5) is 0 Å². The van der Waals surface area contributed by atoms with E-state index in [0.29, 0.717) is 32.1 Å². The van der Waals surface area contributed by atoms with Crippen LogP contribution in [0.1, 0.15) is 23.4 Å². The van der Waals surface area contributed by atoms with E-state index in [1.807, 2.05) is 12.1 Å². The molecule has 0 radical (unpaired) electrons. The SMILES string of the molecule is COCCOc1ncccc1CNC(=O)[C@@H]1CCc2nc[nH]c2C1. The van der Waals surface area contributed by atoms with Gasteiger partial charge in [-0.25, -0.2) is 9.97 Å². The third-order valence-electron chi connectivity index (χ3n) is 4.19. The van der Waals surface area contributed by atoms with Crippen LogP contribution in [0.15, 0.2) is 24.7 Å². The Morgan fingerprint density at radius 3 is 3.21 bits per heavy atom. The number of amides is 1. The van der Waals surface area contributed by atoms with Gasteiger partial charge in [-0.2, -0.15) is 0 Å². The van der Waals surface area contributed by atoms with Gasteiger partial charge in [-0.05, 0) is 18.9 Å². The van der Waals surface area contributed by atoms with E-state index in [1.165, 1.54) is 0 Å². The molecular formula is C17H22N4O3. The number of carbonyl (C=O) groups is 1. The predicted octanol–water partition coefficient (Wildman–Crippen LogP) is 1.25. The molecule has 24 heavy (non-hydrogen) atoms. The fourth-order valence-electron chi connectivity index (χ4n) is 2.86. The summed E-state index contributed by atoms with van der Waals surface area (Å²) >= 11 is 0. The molecule has 128 valence electrons. The Balaban J connectivity index is 1.55. The van der Waals surface area contributed by atoms with E-state index in [9.17, 15) is 4.79 Å². The molecule has 3 rings (SSSR count). The Labute approximate surface area is 140 Å². The van der Waals surface area contributed by atoms with Gasteiger partial charge in [0.1, 0.15) is 6.61 Å². The topological polar surface area (TPSA) is 89.1 Å². The van der Waals surface area contributed by atoms with E-state index in [1.54, 1.807) is 19.6 Å². The summed E-state index contributed by atoms with van der Waals surface area (Å²) in [6.45, 7) is 1.33. The van der Waals surface area contributed by atoms with Crippen molar-refractivity contribution in [3.63, 3.8) is 0 Å². The summed E-state index contributed by atoms with van der Waals surface area (Å²) < 4.78 is 10.6. The minimum atomic E-state index is -0.0209. The van der Waals surface area contributed by atoms with Crippen LogP contribution in [-0.4, -0.2) is 41.2 Å². The molecule has 0 saturated carbocycles. The average Bonchev–Trinajstić information content (AvgIpc) is 3.08. The van der Waals surface area contributed by atoms with Crippen molar-refractivity contribution < 1.29 is 14.3 Å². The second kappa shape index (κ2) is 7.92. The molecule has 0 unspecified atom stereocenters. The zero-order valence-corrected chi connectivity index (χ0v) is 13.7. The molecule has 0 fully saturated rings. The van der Waals surface area contributed by atoms with E-state index < -0.39 is 0 Å². The number of H-pyrrole nitrogens is 1.